The first kappa shape index (κ1) is 16.0. The smallest absolute Gasteiger partial charge is 0.258 e. The molecule has 1 heterocycles. The number of nitrogens with one attached hydrogen (secondary N) is 2. The molecular weight excluding hydrogens is 332 g/mol. The van der Waals surface area contributed by atoms with Gasteiger partial charge in [0.2, 0.25) is 5.91 Å². The second-order valence-electron chi connectivity index (χ2n) is 5.53. The Balaban J connectivity index is 1.96. The first-order valence-corrected chi connectivity index (χ1v) is 8.73. The summed E-state index contributed by atoms with van der Waals surface area (Å²) in [5.41, 5.74) is 2.22. The lowest BCUT2D eigenvalue weighted by molar-refractivity contribution is -0.114. The standard InChI is InChI=1S/C17H17ClN2O2S/c1-10(21)19-17-15(11-6-2-5-9-14(11)23-17)16(22)20-13-8-4-3-7-12(13)18/h3-4,7-8H,2,5-6,9H2,1H3,(H,19,21)(H,20,22). The summed E-state index contributed by atoms with van der Waals surface area (Å²) >= 11 is 7.62. The van der Waals surface area contributed by atoms with Gasteiger partial charge in [0.25, 0.3) is 5.91 Å². The molecule has 2 N–H and O–H groups in total. The van der Waals surface area contributed by atoms with Gasteiger partial charge >= 0.3 is 0 Å². The van der Waals surface area contributed by atoms with Crippen LogP contribution in [0, 0.1) is 0 Å². The molecule has 2 amide bonds. The Morgan fingerprint density at radius 3 is 2.61 bits per heavy atom. The molecule has 2 aromatic rings. The minimum absolute atomic E-state index is 0.171. The van der Waals surface area contributed by atoms with Gasteiger partial charge in [0.05, 0.1) is 16.3 Å². The summed E-state index contributed by atoms with van der Waals surface area (Å²) in [6.45, 7) is 1.45. The van der Waals surface area contributed by atoms with Crippen LogP contribution < -0.4 is 10.6 Å². The van der Waals surface area contributed by atoms with Crippen LogP contribution in [0.15, 0.2) is 24.3 Å². The molecule has 1 aliphatic rings. The molecule has 23 heavy (non-hydrogen) atoms. The number of thiophene rings is 1. The topological polar surface area (TPSA) is 58.2 Å². The largest absolute Gasteiger partial charge is 0.321 e. The minimum atomic E-state index is -0.221. The molecule has 1 aromatic carbocycles. The zero-order chi connectivity index (χ0) is 16.4. The van der Waals surface area contributed by atoms with Gasteiger partial charge in [-0.1, -0.05) is 23.7 Å². The van der Waals surface area contributed by atoms with Gasteiger partial charge in [-0.2, -0.15) is 0 Å². The maximum atomic E-state index is 12.8. The predicted molar refractivity (Wildman–Crippen MR) is 94.7 cm³/mol. The number of amides is 2. The Bertz CT molecular complexity index is 770. The lowest BCUT2D eigenvalue weighted by atomic mass is 9.95. The van der Waals surface area contributed by atoms with E-state index in [2.05, 4.69) is 10.6 Å². The molecule has 0 radical (unpaired) electrons. The van der Waals surface area contributed by atoms with E-state index >= 15 is 0 Å². The van der Waals surface area contributed by atoms with E-state index in [1.807, 2.05) is 12.1 Å². The highest BCUT2D eigenvalue weighted by atomic mass is 35.5. The van der Waals surface area contributed by atoms with Crippen molar-refractivity contribution < 1.29 is 9.59 Å². The molecule has 0 bridgehead atoms. The van der Waals surface area contributed by atoms with E-state index in [0.717, 1.165) is 31.2 Å². The third-order valence-corrected chi connectivity index (χ3v) is 5.35. The van der Waals surface area contributed by atoms with E-state index in [1.54, 1.807) is 12.1 Å². The number of anilines is 2. The average Bonchev–Trinajstić information content (AvgIpc) is 2.86. The van der Waals surface area contributed by atoms with Crippen LogP contribution in [0.25, 0.3) is 0 Å². The Labute approximate surface area is 143 Å². The summed E-state index contributed by atoms with van der Waals surface area (Å²) in [6.07, 6.45) is 4.02. The summed E-state index contributed by atoms with van der Waals surface area (Å²) in [5, 5.41) is 6.78. The van der Waals surface area contributed by atoms with Crippen LogP contribution in [0.2, 0.25) is 5.02 Å². The highest BCUT2D eigenvalue weighted by Gasteiger charge is 2.26. The van der Waals surface area contributed by atoms with Crippen molar-refractivity contribution in [2.75, 3.05) is 10.6 Å². The number of halogens is 1. The lowest BCUT2D eigenvalue weighted by Crippen LogP contribution is -2.17. The van der Waals surface area contributed by atoms with Crippen LogP contribution in [0.3, 0.4) is 0 Å². The summed E-state index contributed by atoms with van der Waals surface area (Å²) in [7, 11) is 0. The van der Waals surface area contributed by atoms with Crippen LogP contribution in [0.4, 0.5) is 10.7 Å². The molecule has 120 valence electrons. The highest BCUT2D eigenvalue weighted by Crippen LogP contribution is 2.38. The zero-order valence-corrected chi connectivity index (χ0v) is 14.3. The van der Waals surface area contributed by atoms with Crippen molar-refractivity contribution in [1.29, 1.82) is 0 Å². The van der Waals surface area contributed by atoms with Crippen LogP contribution in [-0.2, 0) is 17.6 Å². The van der Waals surface area contributed by atoms with E-state index in [-0.39, 0.29) is 11.8 Å². The quantitative estimate of drug-likeness (QED) is 0.858. The van der Waals surface area contributed by atoms with Crippen molar-refractivity contribution >= 4 is 45.4 Å². The molecule has 0 saturated carbocycles. The number of carbonyl (C=O) groups is 2. The number of aryl methyl sites for hydroxylation is 1. The second-order valence-corrected chi connectivity index (χ2v) is 7.04. The van der Waals surface area contributed by atoms with Crippen LogP contribution in [0.1, 0.15) is 40.6 Å². The molecular formula is C17H17ClN2O2S. The normalized spacial score (nSPS) is 13.3. The maximum absolute atomic E-state index is 12.8. The van der Waals surface area contributed by atoms with E-state index in [1.165, 1.54) is 23.1 Å². The number of benzene rings is 1. The fourth-order valence-corrected chi connectivity index (χ4v) is 4.32. The molecule has 6 heteroatoms. The van der Waals surface area contributed by atoms with Gasteiger partial charge < -0.3 is 10.6 Å². The van der Waals surface area contributed by atoms with Crippen molar-refractivity contribution in [2.45, 2.75) is 32.6 Å². The first-order chi connectivity index (χ1) is 11.1. The van der Waals surface area contributed by atoms with Gasteiger partial charge in [-0.3, -0.25) is 9.59 Å². The minimum Gasteiger partial charge on any atom is -0.321 e. The number of rotatable bonds is 3. The van der Waals surface area contributed by atoms with Crippen LogP contribution in [0.5, 0.6) is 0 Å². The van der Waals surface area contributed by atoms with Crippen molar-refractivity contribution in [2.24, 2.45) is 0 Å². The number of para-hydroxylation sites is 1. The summed E-state index contributed by atoms with van der Waals surface area (Å²) in [6, 6.07) is 7.12. The molecule has 1 aromatic heterocycles. The third kappa shape index (κ3) is 3.41. The van der Waals surface area contributed by atoms with Crippen molar-refractivity contribution in [3.63, 3.8) is 0 Å². The Morgan fingerprint density at radius 2 is 1.87 bits per heavy atom. The van der Waals surface area contributed by atoms with Crippen LogP contribution in [-0.4, -0.2) is 11.8 Å². The number of hydrogen-bond donors (Lipinski definition) is 2. The maximum Gasteiger partial charge on any atom is 0.258 e. The van der Waals surface area contributed by atoms with E-state index < -0.39 is 0 Å². The predicted octanol–water partition coefficient (Wildman–Crippen LogP) is 4.49. The summed E-state index contributed by atoms with van der Waals surface area (Å²) < 4.78 is 0. The zero-order valence-electron chi connectivity index (χ0n) is 12.7. The van der Waals surface area contributed by atoms with E-state index in [9.17, 15) is 9.59 Å². The first-order valence-electron chi connectivity index (χ1n) is 7.54. The lowest BCUT2D eigenvalue weighted by Gasteiger charge is -2.13. The van der Waals surface area contributed by atoms with Gasteiger partial charge in [0.15, 0.2) is 0 Å². The molecule has 0 atom stereocenters. The molecule has 0 fully saturated rings. The fourth-order valence-electron chi connectivity index (χ4n) is 2.80. The molecule has 3 rings (SSSR count). The Morgan fingerprint density at radius 1 is 1.13 bits per heavy atom. The molecule has 0 aliphatic heterocycles. The fraction of sp³-hybridized carbons (Fsp3) is 0.294. The van der Waals surface area contributed by atoms with Gasteiger partial charge in [0.1, 0.15) is 5.00 Å². The number of fused-ring (bicyclic) bond motifs is 1. The monoisotopic (exact) mass is 348 g/mol. The summed E-state index contributed by atoms with van der Waals surface area (Å²) in [4.78, 5) is 25.4. The van der Waals surface area contributed by atoms with E-state index in [4.69, 9.17) is 11.6 Å². The molecule has 0 saturated heterocycles. The average molecular weight is 349 g/mol. The molecule has 1 aliphatic carbocycles. The van der Waals surface area contributed by atoms with Gasteiger partial charge in [-0.15, -0.1) is 11.3 Å². The van der Waals surface area contributed by atoms with Crippen molar-refractivity contribution in [3.05, 3.63) is 45.3 Å². The van der Waals surface area contributed by atoms with Gasteiger partial charge in [-0.25, -0.2) is 0 Å². The highest BCUT2D eigenvalue weighted by molar-refractivity contribution is 7.17. The number of carbonyl (C=O) groups excluding carboxylic acids is 2. The summed E-state index contributed by atoms with van der Waals surface area (Å²) in [5.74, 6) is -0.392. The third-order valence-electron chi connectivity index (χ3n) is 3.81. The van der Waals surface area contributed by atoms with Gasteiger partial charge in [-0.05, 0) is 43.4 Å². The number of hydrogen-bond acceptors (Lipinski definition) is 3. The SMILES string of the molecule is CC(=O)Nc1sc2c(c1C(=O)Nc1ccccc1Cl)CCCC2. The van der Waals surface area contributed by atoms with Crippen LogP contribution >= 0.6 is 22.9 Å². The van der Waals surface area contributed by atoms with Gasteiger partial charge in [0, 0.05) is 11.8 Å². The second kappa shape index (κ2) is 6.72. The molecule has 0 spiro atoms. The Hall–Kier alpha value is -1.85. The molecule has 4 nitrogen and oxygen atoms in total. The molecule has 0 unspecified atom stereocenters. The van der Waals surface area contributed by atoms with E-state index in [0.29, 0.717) is 21.3 Å². The van der Waals surface area contributed by atoms with Crippen molar-refractivity contribution in [3.8, 4) is 0 Å². The van der Waals surface area contributed by atoms with Crippen molar-refractivity contribution in [1.82, 2.24) is 0 Å². The Kier molecular flexibility index (Phi) is 4.68.